The summed E-state index contributed by atoms with van der Waals surface area (Å²) in [6, 6.07) is 2.42. The van der Waals surface area contributed by atoms with Gasteiger partial charge in [-0.05, 0) is 51.0 Å². The van der Waals surface area contributed by atoms with E-state index in [1.165, 1.54) is 10.6 Å². The molecule has 0 aromatic carbocycles. The van der Waals surface area contributed by atoms with Crippen LogP contribution >= 0.6 is 0 Å². The van der Waals surface area contributed by atoms with Gasteiger partial charge in [-0.25, -0.2) is 0 Å². The average Bonchev–Trinajstić information content (AvgIpc) is 3.22. The molecule has 1 N–H and O–H groups in total. The van der Waals surface area contributed by atoms with Crippen molar-refractivity contribution in [3.63, 3.8) is 0 Å². The van der Waals surface area contributed by atoms with Crippen LogP contribution in [0.25, 0.3) is 17.0 Å². The minimum absolute atomic E-state index is 0.194. The molecule has 2 aliphatic rings. The average molecular weight is 462 g/mol. The fourth-order valence-corrected chi connectivity index (χ4v) is 4.29. The highest BCUT2D eigenvalue weighted by atomic mass is 19.4. The Kier molecular flexibility index (Phi) is 5.47. The van der Waals surface area contributed by atoms with Crippen LogP contribution in [0.2, 0.25) is 0 Å². The quantitative estimate of drug-likeness (QED) is 0.634. The second-order valence-electron chi connectivity index (χ2n) is 8.61. The lowest BCUT2D eigenvalue weighted by atomic mass is 9.97. The van der Waals surface area contributed by atoms with Gasteiger partial charge in [0.25, 0.3) is 0 Å². The predicted molar refractivity (Wildman–Crippen MR) is 116 cm³/mol. The molecule has 0 atom stereocenters. The Balaban J connectivity index is 1.55. The number of rotatable bonds is 4. The van der Waals surface area contributed by atoms with Crippen LogP contribution in [0.4, 0.5) is 24.7 Å². The van der Waals surface area contributed by atoms with Crippen molar-refractivity contribution in [2.45, 2.75) is 19.0 Å². The van der Waals surface area contributed by atoms with Crippen LogP contribution in [-0.2, 0) is 6.18 Å². The molecular formula is C21H25F3N8O. The highest BCUT2D eigenvalue weighted by Gasteiger charge is 2.33. The zero-order chi connectivity index (χ0) is 23.2. The van der Waals surface area contributed by atoms with Crippen LogP contribution in [0.15, 0.2) is 18.3 Å². The minimum Gasteiger partial charge on any atom is -0.486 e. The maximum absolute atomic E-state index is 13.2. The number of anilines is 2. The molecule has 0 amide bonds. The molecule has 1 saturated heterocycles. The molecule has 0 radical (unpaired) electrons. The summed E-state index contributed by atoms with van der Waals surface area (Å²) < 4.78 is 47.0. The first-order chi connectivity index (χ1) is 15.8. The number of nitrogens with zero attached hydrogens (tertiary/aromatic N) is 7. The molecular weight excluding hydrogens is 437 g/mol. The van der Waals surface area contributed by atoms with Crippen molar-refractivity contribution in [2.75, 3.05) is 57.1 Å². The second-order valence-corrected chi connectivity index (χ2v) is 8.61. The third-order valence-corrected chi connectivity index (χ3v) is 6.24. The van der Waals surface area contributed by atoms with E-state index in [2.05, 4.69) is 32.4 Å². The minimum atomic E-state index is -4.56. The van der Waals surface area contributed by atoms with Gasteiger partial charge in [0.15, 0.2) is 17.4 Å². The third kappa shape index (κ3) is 4.14. The Morgan fingerprint density at radius 2 is 1.94 bits per heavy atom. The number of hydrogen-bond acceptors (Lipinski definition) is 8. The molecule has 0 bridgehead atoms. The van der Waals surface area contributed by atoms with Crippen LogP contribution < -0.4 is 15.0 Å². The number of hydrogen-bond donors (Lipinski definition) is 1. The second kappa shape index (κ2) is 8.32. The summed E-state index contributed by atoms with van der Waals surface area (Å²) in [6.07, 6.45) is -1.26. The van der Waals surface area contributed by atoms with Crippen molar-refractivity contribution in [2.24, 2.45) is 5.92 Å². The van der Waals surface area contributed by atoms with Gasteiger partial charge >= 0.3 is 6.18 Å². The van der Waals surface area contributed by atoms with Crippen LogP contribution in [0.1, 0.15) is 18.5 Å². The standard InChI is InChI=1S/C21H25F3N8O/c1-30-7-4-13(5-8-30)12-26-18-16-17(33-10-9-31(16)2)20-28-27-19(32(20)29-18)14-3-6-25-15(11-14)21(22,23)24/h3,6,11,13H,4-5,7-10,12H2,1-2H3,(H,26,29). The van der Waals surface area contributed by atoms with Crippen LogP contribution in [0.5, 0.6) is 5.75 Å². The molecule has 0 unspecified atom stereocenters. The normalized spacial score (nSPS) is 17.8. The maximum atomic E-state index is 13.2. The van der Waals surface area contributed by atoms with Crippen LogP contribution in [0.3, 0.4) is 0 Å². The Bertz CT molecular complexity index is 1160. The topological polar surface area (TPSA) is 83.7 Å². The molecule has 3 aromatic heterocycles. The Labute approximate surface area is 188 Å². The number of alkyl halides is 3. The summed E-state index contributed by atoms with van der Waals surface area (Å²) in [5.74, 6) is 1.83. The first kappa shape index (κ1) is 21.7. The van der Waals surface area contributed by atoms with E-state index in [4.69, 9.17) is 9.84 Å². The molecule has 0 spiro atoms. The smallest absolute Gasteiger partial charge is 0.433 e. The van der Waals surface area contributed by atoms with Crippen molar-refractivity contribution >= 4 is 17.2 Å². The fourth-order valence-electron chi connectivity index (χ4n) is 4.29. The lowest BCUT2D eigenvalue weighted by molar-refractivity contribution is -0.141. The molecule has 2 aliphatic heterocycles. The van der Waals surface area contributed by atoms with Crippen LogP contribution in [0, 0.1) is 5.92 Å². The largest absolute Gasteiger partial charge is 0.486 e. The van der Waals surface area contributed by atoms with E-state index >= 15 is 0 Å². The Hall–Kier alpha value is -3.15. The van der Waals surface area contributed by atoms with Crippen molar-refractivity contribution in [3.05, 3.63) is 24.0 Å². The van der Waals surface area contributed by atoms with Crippen molar-refractivity contribution in [1.82, 2.24) is 29.7 Å². The van der Waals surface area contributed by atoms with E-state index in [-0.39, 0.29) is 11.4 Å². The molecule has 3 aromatic rings. The highest BCUT2D eigenvalue weighted by Crippen LogP contribution is 2.40. The summed E-state index contributed by atoms with van der Waals surface area (Å²) in [4.78, 5) is 7.80. The first-order valence-electron chi connectivity index (χ1n) is 10.9. The number of fused-ring (bicyclic) bond motifs is 3. The van der Waals surface area contributed by atoms with Gasteiger partial charge in [0, 0.05) is 25.4 Å². The molecule has 1 fully saturated rings. The molecule has 0 aliphatic carbocycles. The molecule has 9 nitrogen and oxygen atoms in total. The van der Waals surface area contributed by atoms with Gasteiger partial charge in [-0.3, -0.25) is 4.98 Å². The van der Waals surface area contributed by atoms with E-state index in [1.54, 1.807) is 0 Å². The van der Waals surface area contributed by atoms with Gasteiger partial charge in [-0.2, -0.15) is 17.7 Å². The van der Waals surface area contributed by atoms with E-state index in [1.807, 2.05) is 11.9 Å². The summed E-state index contributed by atoms with van der Waals surface area (Å²) in [5, 5.41) is 16.5. The Morgan fingerprint density at radius 1 is 1.15 bits per heavy atom. The lowest BCUT2D eigenvalue weighted by Gasteiger charge is -2.31. The van der Waals surface area contributed by atoms with Gasteiger partial charge in [0.2, 0.25) is 5.65 Å². The van der Waals surface area contributed by atoms with Gasteiger partial charge in [-0.1, -0.05) is 0 Å². The first-order valence-corrected chi connectivity index (χ1v) is 10.9. The fraction of sp³-hybridized carbons (Fsp3) is 0.524. The number of piperidine rings is 1. The van der Waals surface area contributed by atoms with Gasteiger partial charge in [-0.15, -0.1) is 15.3 Å². The molecule has 5 rings (SSSR count). The number of ether oxygens (including phenoxy) is 1. The molecule has 12 heteroatoms. The Morgan fingerprint density at radius 3 is 2.70 bits per heavy atom. The van der Waals surface area contributed by atoms with E-state index < -0.39 is 11.9 Å². The van der Waals surface area contributed by atoms with Crippen molar-refractivity contribution in [3.8, 4) is 17.1 Å². The molecule has 0 saturated carbocycles. The van der Waals surface area contributed by atoms with Gasteiger partial charge in [0.1, 0.15) is 18.0 Å². The van der Waals surface area contributed by atoms with E-state index in [0.717, 1.165) is 50.4 Å². The summed E-state index contributed by atoms with van der Waals surface area (Å²) in [6.45, 7) is 4.01. The third-order valence-electron chi connectivity index (χ3n) is 6.24. The number of halogens is 3. The summed E-state index contributed by atoms with van der Waals surface area (Å²) in [5.41, 5.74) is 0.377. The zero-order valence-electron chi connectivity index (χ0n) is 18.4. The predicted octanol–water partition coefficient (Wildman–Crippen LogP) is 2.79. The number of likely N-dealkylation sites (N-methyl/N-ethyl adjacent to an activating group) is 1. The number of nitrogens with one attached hydrogen (secondary N) is 1. The summed E-state index contributed by atoms with van der Waals surface area (Å²) >= 11 is 0. The van der Waals surface area contributed by atoms with Gasteiger partial charge < -0.3 is 19.9 Å². The van der Waals surface area contributed by atoms with Crippen molar-refractivity contribution < 1.29 is 17.9 Å². The SMILES string of the molecule is CN1CCC(CNc2nn3c(-c4ccnc(C(F)(F)F)c4)nnc3c3c2N(C)CCO3)CC1. The van der Waals surface area contributed by atoms with E-state index in [9.17, 15) is 13.2 Å². The van der Waals surface area contributed by atoms with E-state index in [0.29, 0.717) is 36.3 Å². The lowest BCUT2D eigenvalue weighted by Crippen LogP contribution is -2.34. The monoisotopic (exact) mass is 462 g/mol. The van der Waals surface area contributed by atoms with Crippen molar-refractivity contribution in [1.29, 1.82) is 0 Å². The summed E-state index contributed by atoms with van der Waals surface area (Å²) in [7, 11) is 4.08. The molecule has 5 heterocycles. The molecule has 33 heavy (non-hydrogen) atoms. The highest BCUT2D eigenvalue weighted by molar-refractivity contribution is 5.82. The number of likely N-dealkylation sites (tertiary alicyclic amines) is 1. The molecule has 176 valence electrons. The van der Waals surface area contributed by atoms with Crippen LogP contribution in [-0.4, -0.2) is 76.6 Å². The van der Waals surface area contributed by atoms with Gasteiger partial charge in [0.05, 0.1) is 6.54 Å². The number of aromatic nitrogens is 5. The maximum Gasteiger partial charge on any atom is 0.433 e. The number of pyridine rings is 1. The zero-order valence-corrected chi connectivity index (χ0v) is 18.4.